The summed E-state index contributed by atoms with van der Waals surface area (Å²) < 4.78 is 0. The molecule has 0 saturated heterocycles. The summed E-state index contributed by atoms with van der Waals surface area (Å²) in [7, 11) is 0. The van der Waals surface area contributed by atoms with Crippen LogP contribution in [-0.2, 0) is 0 Å². The van der Waals surface area contributed by atoms with Crippen molar-refractivity contribution in [1.29, 1.82) is 0 Å². The highest BCUT2D eigenvalue weighted by molar-refractivity contribution is 5.54. The zero-order valence-corrected chi connectivity index (χ0v) is 9.51. The highest BCUT2D eigenvalue weighted by Gasteiger charge is 2.07. The van der Waals surface area contributed by atoms with E-state index in [4.69, 9.17) is 5.73 Å². The molecular formula is C13H15N3. The molecule has 1 aromatic carbocycles. The Labute approximate surface area is 95.4 Å². The van der Waals surface area contributed by atoms with Gasteiger partial charge in [0.15, 0.2) is 5.82 Å². The largest absolute Gasteiger partial charge is 0.324 e. The Kier molecular flexibility index (Phi) is 2.97. The minimum absolute atomic E-state index is 0.0233. The maximum absolute atomic E-state index is 5.82. The van der Waals surface area contributed by atoms with E-state index in [1.165, 1.54) is 0 Å². The van der Waals surface area contributed by atoms with Gasteiger partial charge in [0.1, 0.15) is 0 Å². The lowest BCUT2D eigenvalue weighted by Gasteiger charge is -2.09. The molecule has 0 bridgehead atoms. The molecule has 2 N–H and O–H groups in total. The number of nitrogens with zero attached hydrogens (tertiary/aromatic N) is 2. The second-order valence-electron chi connectivity index (χ2n) is 3.89. The van der Waals surface area contributed by atoms with Crippen LogP contribution in [0.2, 0.25) is 0 Å². The molecule has 2 rings (SSSR count). The van der Waals surface area contributed by atoms with Gasteiger partial charge in [-0.25, -0.2) is 9.97 Å². The zero-order chi connectivity index (χ0) is 11.5. The van der Waals surface area contributed by atoms with Gasteiger partial charge in [0.2, 0.25) is 0 Å². The van der Waals surface area contributed by atoms with Crippen molar-refractivity contribution < 1.29 is 0 Å². The highest BCUT2D eigenvalue weighted by Crippen LogP contribution is 2.18. The summed E-state index contributed by atoms with van der Waals surface area (Å²) in [5.74, 6) is 0.752. The average molecular weight is 213 g/mol. The van der Waals surface area contributed by atoms with Gasteiger partial charge >= 0.3 is 0 Å². The molecule has 0 radical (unpaired) electrons. The summed E-state index contributed by atoms with van der Waals surface area (Å²) in [6.07, 6.45) is 1.81. The van der Waals surface area contributed by atoms with Crippen LogP contribution >= 0.6 is 0 Å². The van der Waals surface area contributed by atoms with Crippen LogP contribution in [0.5, 0.6) is 0 Å². The van der Waals surface area contributed by atoms with Gasteiger partial charge in [0.25, 0.3) is 0 Å². The number of nitrogens with two attached hydrogens (primary N) is 1. The molecule has 3 heteroatoms. The predicted molar refractivity (Wildman–Crippen MR) is 64.8 cm³/mol. The van der Waals surface area contributed by atoms with E-state index in [9.17, 15) is 0 Å². The fourth-order valence-corrected chi connectivity index (χ4v) is 1.65. The normalized spacial score (nSPS) is 12.4. The lowest BCUT2D eigenvalue weighted by Crippen LogP contribution is -2.09. The van der Waals surface area contributed by atoms with Crippen LogP contribution in [0.3, 0.4) is 0 Å². The van der Waals surface area contributed by atoms with Crippen molar-refractivity contribution in [3.05, 3.63) is 47.8 Å². The van der Waals surface area contributed by atoms with E-state index in [0.717, 1.165) is 22.6 Å². The summed E-state index contributed by atoms with van der Waals surface area (Å²) in [5, 5.41) is 0. The third kappa shape index (κ3) is 2.09. The van der Waals surface area contributed by atoms with Crippen molar-refractivity contribution in [3.8, 4) is 11.4 Å². The van der Waals surface area contributed by atoms with Gasteiger partial charge in [-0.15, -0.1) is 0 Å². The maximum atomic E-state index is 5.82. The minimum atomic E-state index is -0.0233. The van der Waals surface area contributed by atoms with Gasteiger partial charge in [-0.1, -0.05) is 30.3 Å². The summed E-state index contributed by atoms with van der Waals surface area (Å²) >= 11 is 0. The van der Waals surface area contributed by atoms with Crippen LogP contribution in [0.4, 0.5) is 0 Å². The first kappa shape index (κ1) is 10.8. The predicted octanol–water partition coefficient (Wildman–Crippen LogP) is 2.47. The molecule has 0 fully saturated rings. The number of benzene rings is 1. The van der Waals surface area contributed by atoms with E-state index in [-0.39, 0.29) is 6.04 Å². The highest BCUT2D eigenvalue weighted by atomic mass is 14.9. The first-order valence-corrected chi connectivity index (χ1v) is 5.33. The van der Waals surface area contributed by atoms with Crippen molar-refractivity contribution >= 4 is 0 Å². The van der Waals surface area contributed by atoms with Crippen molar-refractivity contribution in [2.75, 3.05) is 0 Å². The third-order valence-corrected chi connectivity index (χ3v) is 2.54. The fourth-order valence-electron chi connectivity index (χ4n) is 1.65. The standard InChI is InChI=1S/C13H15N3/c1-9(14)12-8-15-13(16-10(12)2)11-6-4-3-5-7-11/h3-9H,14H2,1-2H3. The van der Waals surface area contributed by atoms with Crippen molar-refractivity contribution in [2.45, 2.75) is 19.9 Å². The SMILES string of the molecule is Cc1nc(-c2ccccc2)ncc1C(C)N. The molecule has 0 aliphatic rings. The average Bonchev–Trinajstić information content (AvgIpc) is 2.29. The molecule has 1 unspecified atom stereocenters. The van der Waals surface area contributed by atoms with E-state index >= 15 is 0 Å². The molecule has 0 amide bonds. The molecule has 0 saturated carbocycles. The van der Waals surface area contributed by atoms with Gasteiger partial charge in [-0.05, 0) is 13.8 Å². The monoisotopic (exact) mass is 213 g/mol. The Morgan fingerprint density at radius 1 is 1.19 bits per heavy atom. The molecule has 16 heavy (non-hydrogen) atoms. The van der Waals surface area contributed by atoms with Crippen LogP contribution in [0.25, 0.3) is 11.4 Å². The van der Waals surface area contributed by atoms with Crippen LogP contribution < -0.4 is 5.73 Å². The summed E-state index contributed by atoms with van der Waals surface area (Å²) in [6, 6.07) is 9.92. The second kappa shape index (κ2) is 4.41. The first-order valence-electron chi connectivity index (χ1n) is 5.33. The van der Waals surface area contributed by atoms with E-state index < -0.39 is 0 Å². The summed E-state index contributed by atoms with van der Waals surface area (Å²) in [6.45, 7) is 3.90. The van der Waals surface area contributed by atoms with Crippen molar-refractivity contribution in [2.24, 2.45) is 5.73 Å². The zero-order valence-electron chi connectivity index (χ0n) is 9.51. The molecule has 3 nitrogen and oxygen atoms in total. The number of aryl methyl sites for hydroxylation is 1. The van der Waals surface area contributed by atoms with Gasteiger partial charge in [-0.2, -0.15) is 0 Å². The molecule has 82 valence electrons. The fraction of sp³-hybridized carbons (Fsp3) is 0.231. The van der Waals surface area contributed by atoms with Gasteiger partial charge < -0.3 is 5.73 Å². The molecular weight excluding hydrogens is 198 g/mol. The molecule has 2 aromatic rings. The third-order valence-electron chi connectivity index (χ3n) is 2.54. The van der Waals surface area contributed by atoms with Crippen LogP contribution in [-0.4, -0.2) is 9.97 Å². The minimum Gasteiger partial charge on any atom is -0.324 e. The second-order valence-corrected chi connectivity index (χ2v) is 3.89. The van der Waals surface area contributed by atoms with Gasteiger partial charge in [0, 0.05) is 29.1 Å². The quantitative estimate of drug-likeness (QED) is 0.833. The van der Waals surface area contributed by atoms with E-state index in [0.29, 0.717) is 0 Å². The van der Waals surface area contributed by atoms with Crippen LogP contribution in [0.1, 0.15) is 24.2 Å². The number of hydrogen-bond acceptors (Lipinski definition) is 3. The molecule has 1 aromatic heterocycles. The molecule has 0 aliphatic carbocycles. The molecule has 1 atom stereocenters. The smallest absolute Gasteiger partial charge is 0.159 e. The topological polar surface area (TPSA) is 51.8 Å². The Morgan fingerprint density at radius 3 is 2.44 bits per heavy atom. The Balaban J connectivity index is 2.43. The van der Waals surface area contributed by atoms with Crippen molar-refractivity contribution in [3.63, 3.8) is 0 Å². The van der Waals surface area contributed by atoms with E-state index in [1.807, 2.05) is 50.4 Å². The molecule has 0 aliphatic heterocycles. The number of aromatic nitrogens is 2. The molecule has 1 heterocycles. The number of rotatable bonds is 2. The Hall–Kier alpha value is -1.74. The number of hydrogen-bond donors (Lipinski definition) is 1. The maximum Gasteiger partial charge on any atom is 0.159 e. The van der Waals surface area contributed by atoms with Gasteiger partial charge in [-0.3, -0.25) is 0 Å². The summed E-state index contributed by atoms with van der Waals surface area (Å²) in [4.78, 5) is 8.81. The van der Waals surface area contributed by atoms with Crippen molar-refractivity contribution in [1.82, 2.24) is 9.97 Å². The van der Waals surface area contributed by atoms with Crippen LogP contribution in [0, 0.1) is 6.92 Å². The lowest BCUT2D eigenvalue weighted by atomic mass is 10.1. The molecule has 0 spiro atoms. The Morgan fingerprint density at radius 2 is 1.88 bits per heavy atom. The van der Waals surface area contributed by atoms with Gasteiger partial charge in [0.05, 0.1) is 0 Å². The Bertz CT molecular complexity index is 478. The van der Waals surface area contributed by atoms with E-state index in [1.54, 1.807) is 0 Å². The van der Waals surface area contributed by atoms with Crippen LogP contribution in [0.15, 0.2) is 36.5 Å². The summed E-state index contributed by atoms with van der Waals surface area (Å²) in [5.41, 5.74) is 8.80. The van der Waals surface area contributed by atoms with E-state index in [2.05, 4.69) is 9.97 Å². The lowest BCUT2D eigenvalue weighted by molar-refractivity contribution is 0.790. The first-order chi connectivity index (χ1) is 7.68.